The van der Waals surface area contributed by atoms with E-state index in [-0.39, 0.29) is 27.6 Å². The average Bonchev–Trinajstić information content (AvgIpc) is 2.48. The van der Waals surface area contributed by atoms with Crippen molar-refractivity contribution in [1.29, 1.82) is 0 Å². The molecule has 0 fully saturated rings. The van der Waals surface area contributed by atoms with E-state index >= 15 is 0 Å². The molecule has 1 aliphatic rings. The lowest BCUT2D eigenvalue weighted by molar-refractivity contribution is -0.383. The van der Waals surface area contributed by atoms with Crippen LogP contribution in [0.4, 0.5) is 5.69 Å². The number of carbonyl (C=O) groups is 2. The first kappa shape index (κ1) is 16.5. The number of hydrogen-bond acceptors (Lipinski definition) is 6. The van der Waals surface area contributed by atoms with Gasteiger partial charge in [0.15, 0.2) is 5.88 Å². The number of benzene rings is 2. The van der Waals surface area contributed by atoms with Crippen LogP contribution in [0.3, 0.4) is 0 Å². The van der Waals surface area contributed by atoms with E-state index in [1.165, 1.54) is 12.1 Å². The first-order valence-corrected chi connectivity index (χ1v) is 8.73. The van der Waals surface area contributed by atoms with Gasteiger partial charge in [0.2, 0.25) is 0 Å². The molecule has 0 aliphatic carbocycles. The summed E-state index contributed by atoms with van der Waals surface area (Å²) in [6, 6.07) is 4.98. The van der Waals surface area contributed by atoms with Gasteiger partial charge in [0, 0.05) is 27.1 Å². The summed E-state index contributed by atoms with van der Waals surface area (Å²) in [5.41, 5.74) is -0.420. The van der Waals surface area contributed by atoms with E-state index in [9.17, 15) is 28.1 Å². The second-order valence-electron chi connectivity index (χ2n) is 4.98. The summed E-state index contributed by atoms with van der Waals surface area (Å²) in [5, 5.41) is 11.3. The van der Waals surface area contributed by atoms with Crippen molar-refractivity contribution in [1.82, 2.24) is 4.90 Å². The minimum absolute atomic E-state index is 0.0600. The van der Waals surface area contributed by atoms with Gasteiger partial charge in [-0.3, -0.25) is 29.2 Å². The molecule has 24 heavy (non-hydrogen) atoms. The molecule has 2 amide bonds. The Morgan fingerprint density at radius 1 is 1.08 bits per heavy atom. The molecule has 9 nitrogen and oxygen atoms in total. The third-order valence-corrected chi connectivity index (χ3v) is 4.77. The van der Waals surface area contributed by atoms with Crippen molar-refractivity contribution in [2.75, 3.05) is 5.88 Å². The molecule has 3 rings (SSSR count). The van der Waals surface area contributed by atoms with Crippen molar-refractivity contribution in [3.63, 3.8) is 0 Å². The second kappa shape index (κ2) is 5.33. The van der Waals surface area contributed by atoms with Gasteiger partial charge >= 0.3 is 0 Å². The summed E-state index contributed by atoms with van der Waals surface area (Å²) < 4.78 is 31.4. The Morgan fingerprint density at radius 3 is 2.12 bits per heavy atom. The topological polar surface area (TPSA) is 135 Å². The van der Waals surface area contributed by atoms with E-state index in [1.807, 2.05) is 0 Å². The number of nitro groups is 1. The molecule has 1 heterocycles. The zero-order chi connectivity index (χ0) is 17.8. The number of nitrogens with zero attached hydrogens (tertiary/aromatic N) is 2. The molecule has 0 bridgehead atoms. The normalized spacial score (nSPS) is 14.3. The van der Waals surface area contributed by atoms with E-state index in [2.05, 4.69) is 15.9 Å². The van der Waals surface area contributed by atoms with E-state index < -0.39 is 32.7 Å². The molecular weight excluding hydrogens is 408 g/mol. The molecule has 0 radical (unpaired) electrons. The quantitative estimate of drug-likeness (QED) is 0.350. The number of non-ortho nitro benzene ring substituents is 1. The van der Waals surface area contributed by atoms with Crippen molar-refractivity contribution in [2.45, 2.75) is 0 Å². The third kappa shape index (κ3) is 2.46. The van der Waals surface area contributed by atoms with Gasteiger partial charge in [-0.25, -0.2) is 0 Å². The lowest BCUT2D eigenvalue weighted by Crippen LogP contribution is -2.43. The van der Waals surface area contributed by atoms with Crippen LogP contribution in [0.25, 0.3) is 10.8 Å². The summed E-state index contributed by atoms with van der Waals surface area (Å²) in [6.07, 6.45) is 0. The predicted molar refractivity (Wildman–Crippen MR) is 85.2 cm³/mol. The largest absolute Gasteiger partial charge is 0.284 e. The van der Waals surface area contributed by atoms with Crippen LogP contribution in [0.2, 0.25) is 0 Å². The molecule has 0 atom stereocenters. The van der Waals surface area contributed by atoms with Gasteiger partial charge in [0.25, 0.3) is 27.6 Å². The Balaban J connectivity index is 2.36. The van der Waals surface area contributed by atoms with Crippen LogP contribution in [0.15, 0.2) is 28.7 Å². The second-order valence-corrected chi connectivity index (χ2v) is 7.26. The number of rotatable bonds is 3. The fraction of sp³-hybridized carbons (Fsp3) is 0.0769. The summed E-state index contributed by atoms with van der Waals surface area (Å²) in [6.45, 7) is 0. The summed E-state index contributed by atoms with van der Waals surface area (Å²) in [5.74, 6) is -3.11. The monoisotopic (exact) mass is 414 g/mol. The summed E-state index contributed by atoms with van der Waals surface area (Å²) in [4.78, 5) is 35.8. The zero-order valence-corrected chi connectivity index (χ0v) is 14.0. The number of halogens is 1. The van der Waals surface area contributed by atoms with Crippen molar-refractivity contribution < 1.29 is 27.5 Å². The summed E-state index contributed by atoms with van der Waals surface area (Å²) in [7, 11) is -4.62. The Morgan fingerprint density at radius 2 is 1.62 bits per heavy atom. The van der Waals surface area contributed by atoms with Gasteiger partial charge in [-0.2, -0.15) is 8.42 Å². The molecular formula is C13H7BrN2O7S. The van der Waals surface area contributed by atoms with Crippen LogP contribution in [-0.4, -0.2) is 40.5 Å². The number of carbonyl (C=O) groups excluding carboxylic acids is 2. The first-order valence-electron chi connectivity index (χ1n) is 6.33. The highest BCUT2D eigenvalue weighted by Gasteiger charge is 2.37. The maximum atomic E-state index is 12.4. The number of amides is 2. The van der Waals surface area contributed by atoms with Crippen LogP contribution in [0.1, 0.15) is 20.7 Å². The molecule has 1 aliphatic heterocycles. The van der Waals surface area contributed by atoms with Gasteiger partial charge in [0.05, 0.1) is 10.3 Å². The minimum Gasteiger partial charge on any atom is -0.284 e. The van der Waals surface area contributed by atoms with E-state index in [1.54, 1.807) is 0 Å². The highest BCUT2D eigenvalue weighted by Crippen LogP contribution is 2.39. The molecule has 1 N–H and O–H groups in total. The molecule has 0 aromatic heterocycles. The van der Waals surface area contributed by atoms with Gasteiger partial charge in [0.1, 0.15) is 0 Å². The summed E-state index contributed by atoms with van der Waals surface area (Å²) >= 11 is 3.16. The maximum absolute atomic E-state index is 12.4. The fourth-order valence-electron chi connectivity index (χ4n) is 2.61. The first-order chi connectivity index (χ1) is 11.1. The highest BCUT2D eigenvalue weighted by atomic mass is 79.9. The Bertz CT molecular complexity index is 1030. The Kier molecular flexibility index (Phi) is 3.66. The van der Waals surface area contributed by atoms with Crippen LogP contribution in [0.5, 0.6) is 0 Å². The molecule has 124 valence electrons. The number of imide groups is 1. The zero-order valence-electron chi connectivity index (χ0n) is 11.6. The molecule has 0 unspecified atom stereocenters. The van der Waals surface area contributed by atoms with Crippen LogP contribution in [-0.2, 0) is 10.1 Å². The standard InChI is InChI=1S/C13H7BrN2O7S/c14-8-3-1-6-10-7(2-4-9(11(8)10)16(19)20)13(18)15(12(6)17)5-24(21,22)23/h1-4H,5H2,(H,21,22,23). The minimum atomic E-state index is -4.62. The van der Waals surface area contributed by atoms with Crippen LogP contribution >= 0.6 is 15.9 Å². The predicted octanol–water partition coefficient (Wildman–Crippen LogP) is 1.95. The molecule has 0 spiro atoms. The molecule has 0 saturated heterocycles. The SMILES string of the molecule is O=C1c2ccc(Br)c3c([N+](=O)[O-])ccc(c23)C(=O)N1CS(=O)(=O)O. The average molecular weight is 415 g/mol. The lowest BCUT2D eigenvalue weighted by atomic mass is 9.93. The van der Waals surface area contributed by atoms with Gasteiger partial charge in [-0.1, -0.05) is 0 Å². The van der Waals surface area contributed by atoms with Gasteiger partial charge in [-0.15, -0.1) is 0 Å². The maximum Gasteiger partial charge on any atom is 0.283 e. The molecule has 2 aromatic carbocycles. The molecule has 11 heteroatoms. The van der Waals surface area contributed by atoms with Crippen molar-refractivity contribution in [3.8, 4) is 0 Å². The van der Waals surface area contributed by atoms with Crippen molar-refractivity contribution in [3.05, 3.63) is 50.0 Å². The van der Waals surface area contributed by atoms with E-state index in [4.69, 9.17) is 4.55 Å². The van der Waals surface area contributed by atoms with Crippen molar-refractivity contribution >= 4 is 54.3 Å². The number of nitro benzene ring substituents is 1. The molecule has 0 saturated carbocycles. The molecule has 2 aromatic rings. The lowest BCUT2D eigenvalue weighted by Gasteiger charge is -2.26. The van der Waals surface area contributed by atoms with Gasteiger partial charge in [-0.05, 0) is 34.1 Å². The fourth-order valence-corrected chi connectivity index (χ4v) is 3.70. The van der Waals surface area contributed by atoms with Crippen LogP contribution < -0.4 is 0 Å². The third-order valence-electron chi connectivity index (χ3n) is 3.53. The van der Waals surface area contributed by atoms with E-state index in [0.29, 0.717) is 9.37 Å². The highest BCUT2D eigenvalue weighted by molar-refractivity contribution is 9.10. The van der Waals surface area contributed by atoms with E-state index in [0.717, 1.165) is 12.1 Å². The smallest absolute Gasteiger partial charge is 0.283 e. The Hall–Kier alpha value is -2.37. The Labute approximate surface area is 142 Å². The van der Waals surface area contributed by atoms with Gasteiger partial charge < -0.3 is 0 Å². The van der Waals surface area contributed by atoms with Crippen LogP contribution in [0, 0.1) is 10.1 Å². The number of hydrogen-bond donors (Lipinski definition) is 1. The van der Waals surface area contributed by atoms with Crippen molar-refractivity contribution in [2.24, 2.45) is 0 Å².